The van der Waals surface area contributed by atoms with Gasteiger partial charge >= 0.3 is 0 Å². The van der Waals surface area contributed by atoms with Crippen LogP contribution in [-0.2, 0) is 0 Å². The Morgan fingerprint density at radius 3 is 2.66 bits per heavy atom. The first-order valence-electron chi connectivity index (χ1n) is 11.1. The normalized spacial score (nSPS) is 14.7. The molecule has 0 spiro atoms. The molecule has 0 saturated carbocycles. The van der Waals surface area contributed by atoms with E-state index in [0.717, 1.165) is 39.3 Å². The summed E-state index contributed by atoms with van der Waals surface area (Å²) in [5, 5.41) is 4.10. The van der Waals surface area contributed by atoms with Gasteiger partial charge in [0.25, 0.3) is 11.5 Å². The fraction of sp³-hybridized carbons (Fsp3) is 0.200. The van der Waals surface area contributed by atoms with Crippen LogP contribution in [0.5, 0.6) is 0 Å². The molecule has 176 valence electrons. The van der Waals surface area contributed by atoms with Gasteiger partial charge in [-0.25, -0.2) is 9.97 Å². The molecule has 0 unspecified atom stereocenters. The summed E-state index contributed by atoms with van der Waals surface area (Å²) in [6.45, 7) is 1.13. The molecule has 0 aliphatic carbocycles. The number of fused-ring (bicyclic) bond motifs is 3. The number of amides is 1. The van der Waals surface area contributed by atoms with E-state index in [1.165, 1.54) is 17.5 Å². The standard InChI is InChI=1S/C25H18Cl2N4O2S2/c26-17-6-5-15(11-18(17)27)19-13-34-22(29-19)14-7-9-30(10-8-14)23(32)16-12-28-25-31(24(16)33)20-3-1-2-4-21(20)35-25/h1-6,11-14H,7-10H2. The van der Waals surface area contributed by atoms with Crippen molar-refractivity contribution in [3.05, 3.63) is 85.0 Å². The van der Waals surface area contributed by atoms with Gasteiger partial charge in [0.1, 0.15) is 5.56 Å². The monoisotopic (exact) mass is 540 g/mol. The van der Waals surface area contributed by atoms with E-state index in [1.807, 2.05) is 41.8 Å². The highest BCUT2D eigenvalue weighted by Crippen LogP contribution is 2.35. The molecule has 2 aromatic carbocycles. The van der Waals surface area contributed by atoms with Crippen molar-refractivity contribution in [2.75, 3.05) is 13.1 Å². The number of likely N-dealkylation sites (tertiary alicyclic amines) is 1. The summed E-state index contributed by atoms with van der Waals surface area (Å²) in [5.41, 5.74) is 2.38. The lowest BCUT2D eigenvalue weighted by molar-refractivity contribution is 0.0710. The number of carbonyl (C=O) groups excluding carboxylic acids is 1. The Balaban J connectivity index is 1.19. The smallest absolute Gasteiger partial charge is 0.271 e. The average molecular weight is 541 g/mol. The first kappa shape index (κ1) is 22.7. The predicted octanol–water partition coefficient (Wildman–Crippen LogP) is 6.36. The number of nitrogens with zero attached hydrogens (tertiary/aromatic N) is 4. The van der Waals surface area contributed by atoms with Crippen molar-refractivity contribution in [2.24, 2.45) is 0 Å². The van der Waals surface area contributed by atoms with Gasteiger partial charge in [0.2, 0.25) is 0 Å². The molecule has 3 aromatic heterocycles. The van der Waals surface area contributed by atoms with E-state index in [4.69, 9.17) is 28.2 Å². The molecule has 1 amide bonds. The Bertz CT molecular complexity index is 1650. The molecule has 35 heavy (non-hydrogen) atoms. The second-order valence-electron chi connectivity index (χ2n) is 8.43. The summed E-state index contributed by atoms with van der Waals surface area (Å²) in [6.07, 6.45) is 3.00. The minimum atomic E-state index is -0.314. The number of benzene rings is 2. The number of piperidine rings is 1. The van der Waals surface area contributed by atoms with Gasteiger partial charge in [-0.2, -0.15) is 0 Å². The molecule has 4 heterocycles. The quantitative estimate of drug-likeness (QED) is 0.267. The zero-order chi connectivity index (χ0) is 24.1. The van der Waals surface area contributed by atoms with E-state index in [2.05, 4.69) is 4.98 Å². The molecule has 0 radical (unpaired) electrons. The molecule has 1 fully saturated rings. The van der Waals surface area contributed by atoms with Gasteiger partial charge in [-0.3, -0.25) is 14.0 Å². The first-order valence-corrected chi connectivity index (χ1v) is 13.5. The van der Waals surface area contributed by atoms with Crippen LogP contribution in [0.4, 0.5) is 0 Å². The maximum absolute atomic E-state index is 13.3. The number of rotatable bonds is 3. The highest BCUT2D eigenvalue weighted by Gasteiger charge is 2.28. The summed E-state index contributed by atoms with van der Waals surface area (Å²) in [7, 11) is 0. The zero-order valence-electron chi connectivity index (χ0n) is 18.3. The van der Waals surface area contributed by atoms with Crippen molar-refractivity contribution >= 4 is 67.0 Å². The molecule has 10 heteroatoms. The fourth-order valence-electron chi connectivity index (χ4n) is 4.46. The lowest BCUT2D eigenvalue weighted by atomic mass is 9.97. The predicted molar refractivity (Wildman–Crippen MR) is 142 cm³/mol. The van der Waals surface area contributed by atoms with Crippen molar-refractivity contribution in [1.29, 1.82) is 0 Å². The molecule has 1 aliphatic rings. The van der Waals surface area contributed by atoms with Gasteiger partial charge in [0.15, 0.2) is 4.96 Å². The second kappa shape index (κ2) is 9.02. The topological polar surface area (TPSA) is 67.6 Å². The number of para-hydroxylation sites is 1. The van der Waals surface area contributed by atoms with Crippen LogP contribution in [0.2, 0.25) is 10.0 Å². The lowest BCUT2D eigenvalue weighted by Crippen LogP contribution is -2.40. The van der Waals surface area contributed by atoms with E-state index in [0.29, 0.717) is 28.1 Å². The van der Waals surface area contributed by atoms with Gasteiger partial charge in [0.05, 0.1) is 31.0 Å². The number of aromatic nitrogens is 3. The van der Waals surface area contributed by atoms with E-state index in [9.17, 15) is 9.59 Å². The Labute approximate surface area is 218 Å². The van der Waals surface area contributed by atoms with E-state index < -0.39 is 0 Å². The molecule has 1 aliphatic heterocycles. The number of thiazole rings is 2. The lowest BCUT2D eigenvalue weighted by Gasteiger charge is -2.31. The average Bonchev–Trinajstić information content (AvgIpc) is 3.51. The Morgan fingerprint density at radius 2 is 1.86 bits per heavy atom. The first-order chi connectivity index (χ1) is 17.0. The molecule has 0 N–H and O–H groups in total. The van der Waals surface area contributed by atoms with Gasteiger partial charge < -0.3 is 4.90 Å². The second-order valence-corrected chi connectivity index (χ2v) is 11.1. The molecular formula is C25H18Cl2N4O2S2. The van der Waals surface area contributed by atoms with E-state index >= 15 is 0 Å². The molecule has 0 atom stereocenters. The van der Waals surface area contributed by atoms with Crippen molar-refractivity contribution in [1.82, 2.24) is 19.3 Å². The molecule has 6 nitrogen and oxygen atoms in total. The third-order valence-electron chi connectivity index (χ3n) is 6.34. The molecule has 5 aromatic rings. The largest absolute Gasteiger partial charge is 0.338 e. The van der Waals surface area contributed by atoms with Crippen molar-refractivity contribution < 1.29 is 4.79 Å². The van der Waals surface area contributed by atoms with Crippen molar-refractivity contribution in [3.63, 3.8) is 0 Å². The Kier molecular flexibility index (Phi) is 5.84. The highest BCUT2D eigenvalue weighted by molar-refractivity contribution is 7.23. The fourth-order valence-corrected chi connectivity index (χ4v) is 6.74. The number of hydrogen-bond donors (Lipinski definition) is 0. The summed E-state index contributed by atoms with van der Waals surface area (Å²) in [4.78, 5) is 38.0. The molecule has 6 rings (SSSR count). The third kappa shape index (κ3) is 4.04. The highest BCUT2D eigenvalue weighted by atomic mass is 35.5. The van der Waals surface area contributed by atoms with Crippen LogP contribution >= 0.6 is 45.9 Å². The maximum atomic E-state index is 13.3. The van der Waals surface area contributed by atoms with Crippen molar-refractivity contribution in [2.45, 2.75) is 18.8 Å². The van der Waals surface area contributed by atoms with Crippen LogP contribution in [0, 0.1) is 0 Å². The maximum Gasteiger partial charge on any atom is 0.271 e. The summed E-state index contributed by atoms with van der Waals surface area (Å²) >= 11 is 15.2. The zero-order valence-corrected chi connectivity index (χ0v) is 21.4. The van der Waals surface area contributed by atoms with Crippen LogP contribution in [0.25, 0.3) is 26.4 Å². The minimum Gasteiger partial charge on any atom is -0.338 e. The van der Waals surface area contributed by atoms with Gasteiger partial charge in [-0.05, 0) is 37.1 Å². The van der Waals surface area contributed by atoms with E-state index in [1.54, 1.807) is 26.7 Å². The van der Waals surface area contributed by atoms with Crippen LogP contribution in [0.1, 0.15) is 34.1 Å². The van der Waals surface area contributed by atoms with Gasteiger partial charge in [-0.1, -0.05) is 52.7 Å². The van der Waals surface area contributed by atoms with Crippen LogP contribution < -0.4 is 5.56 Å². The number of halogens is 2. The summed E-state index contributed by atoms with van der Waals surface area (Å²) < 4.78 is 2.51. The van der Waals surface area contributed by atoms with Crippen LogP contribution in [-0.4, -0.2) is 38.3 Å². The minimum absolute atomic E-state index is 0.112. The van der Waals surface area contributed by atoms with Crippen LogP contribution in [0.3, 0.4) is 0 Å². The molecule has 1 saturated heterocycles. The Hall–Kier alpha value is -2.78. The van der Waals surface area contributed by atoms with Gasteiger partial charge in [0, 0.05) is 36.1 Å². The number of carbonyl (C=O) groups is 1. The SMILES string of the molecule is O=C(c1cnc2sc3ccccc3n2c1=O)N1CCC(c2nc(-c3ccc(Cl)c(Cl)c3)cs2)CC1. The molecule has 0 bridgehead atoms. The van der Waals surface area contributed by atoms with Gasteiger partial charge in [-0.15, -0.1) is 11.3 Å². The van der Waals surface area contributed by atoms with E-state index in [-0.39, 0.29) is 22.9 Å². The number of hydrogen-bond acceptors (Lipinski definition) is 6. The third-order valence-corrected chi connectivity index (χ3v) is 9.12. The van der Waals surface area contributed by atoms with Crippen molar-refractivity contribution in [3.8, 4) is 11.3 Å². The molecular weight excluding hydrogens is 523 g/mol. The summed E-state index contributed by atoms with van der Waals surface area (Å²) in [6, 6.07) is 13.1. The summed E-state index contributed by atoms with van der Waals surface area (Å²) in [5.74, 6) is 0.00403. The van der Waals surface area contributed by atoms with Crippen LogP contribution in [0.15, 0.2) is 58.8 Å². The Morgan fingerprint density at radius 1 is 1.06 bits per heavy atom.